The van der Waals surface area contributed by atoms with Gasteiger partial charge in [0.2, 0.25) is 0 Å². The monoisotopic (exact) mass is 256 g/mol. The van der Waals surface area contributed by atoms with Crippen LogP contribution in [0.5, 0.6) is 0 Å². The summed E-state index contributed by atoms with van der Waals surface area (Å²) in [4.78, 5) is 13.4. The van der Waals surface area contributed by atoms with Crippen molar-refractivity contribution in [3.63, 3.8) is 0 Å². The molecule has 2 unspecified atom stereocenters. The minimum Gasteiger partial charge on any atom is -0.391 e. The lowest BCUT2D eigenvalue weighted by molar-refractivity contribution is 0.0430. The van der Waals surface area contributed by atoms with Gasteiger partial charge in [0, 0.05) is 19.6 Å². The molecule has 2 amide bonds. The van der Waals surface area contributed by atoms with Gasteiger partial charge in [0.05, 0.1) is 19.3 Å². The number of ether oxygens (including phenoxy) is 1. The van der Waals surface area contributed by atoms with Gasteiger partial charge in [0.1, 0.15) is 0 Å². The number of urea groups is 1. The summed E-state index contributed by atoms with van der Waals surface area (Å²) in [5.41, 5.74) is 0. The number of aliphatic hydroxyl groups is 1. The molecule has 0 bridgehead atoms. The Morgan fingerprint density at radius 2 is 2.39 bits per heavy atom. The lowest BCUT2D eigenvalue weighted by Gasteiger charge is -2.34. The van der Waals surface area contributed by atoms with Crippen molar-refractivity contribution in [2.45, 2.75) is 25.9 Å². The second-order valence-electron chi connectivity index (χ2n) is 4.70. The standard InChI is InChI=1S/C13H24N2O3/c1-3-4-8-18-9-6-14-13(17)15-7-5-11(2)12(16)10-15/h3,11-12,16H,1,4-10H2,2H3,(H,14,17). The maximum atomic E-state index is 11.8. The summed E-state index contributed by atoms with van der Waals surface area (Å²) in [5.74, 6) is 0.274. The van der Waals surface area contributed by atoms with Crippen LogP contribution >= 0.6 is 0 Å². The normalized spacial score (nSPS) is 23.8. The van der Waals surface area contributed by atoms with Crippen LogP contribution in [0.15, 0.2) is 12.7 Å². The number of hydrogen-bond acceptors (Lipinski definition) is 3. The predicted octanol–water partition coefficient (Wildman–Crippen LogP) is 0.991. The van der Waals surface area contributed by atoms with Gasteiger partial charge in [-0.2, -0.15) is 0 Å². The number of carbonyl (C=O) groups is 1. The molecular weight excluding hydrogens is 232 g/mol. The molecule has 1 aliphatic rings. The van der Waals surface area contributed by atoms with E-state index in [1.54, 1.807) is 11.0 Å². The van der Waals surface area contributed by atoms with Crippen LogP contribution in [-0.4, -0.2) is 55.0 Å². The number of nitrogens with zero attached hydrogens (tertiary/aromatic N) is 1. The van der Waals surface area contributed by atoms with Crippen LogP contribution in [0.1, 0.15) is 19.8 Å². The topological polar surface area (TPSA) is 61.8 Å². The van der Waals surface area contributed by atoms with Gasteiger partial charge in [0.15, 0.2) is 0 Å². The van der Waals surface area contributed by atoms with Gasteiger partial charge in [-0.25, -0.2) is 4.79 Å². The van der Waals surface area contributed by atoms with E-state index in [0.29, 0.717) is 32.8 Å². The average molecular weight is 256 g/mol. The van der Waals surface area contributed by atoms with Crippen molar-refractivity contribution < 1.29 is 14.6 Å². The third-order valence-electron chi connectivity index (χ3n) is 3.19. The molecule has 1 aliphatic heterocycles. The zero-order chi connectivity index (χ0) is 13.4. The molecule has 5 heteroatoms. The number of aliphatic hydroxyl groups excluding tert-OH is 1. The number of rotatable bonds is 6. The molecule has 5 nitrogen and oxygen atoms in total. The number of carbonyl (C=O) groups excluding carboxylic acids is 1. The summed E-state index contributed by atoms with van der Waals surface area (Å²) in [6.45, 7) is 8.38. The van der Waals surface area contributed by atoms with Gasteiger partial charge in [0.25, 0.3) is 0 Å². The first-order valence-corrected chi connectivity index (χ1v) is 6.54. The molecule has 0 aromatic rings. The number of piperidine rings is 1. The van der Waals surface area contributed by atoms with Gasteiger partial charge in [-0.3, -0.25) is 0 Å². The van der Waals surface area contributed by atoms with E-state index in [4.69, 9.17) is 4.74 Å². The van der Waals surface area contributed by atoms with Crippen molar-refractivity contribution in [3.05, 3.63) is 12.7 Å². The van der Waals surface area contributed by atoms with Crippen molar-refractivity contribution in [2.24, 2.45) is 5.92 Å². The van der Waals surface area contributed by atoms with E-state index >= 15 is 0 Å². The summed E-state index contributed by atoms with van der Waals surface area (Å²) < 4.78 is 5.30. The van der Waals surface area contributed by atoms with Crippen LogP contribution in [-0.2, 0) is 4.74 Å². The number of hydrogen-bond donors (Lipinski definition) is 2. The summed E-state index contributed by atoms with van der Waals surface area (Å²) in [6, 6.07) is -0.117. The smallest absolute Gasteiger partial charge is 0.317 e. The summed E-state index contributed by atoms with van der Waals surface area (Å²) in [7, 11) is 0. The molecule has 18 heavy (non-hydrogen) atoms. The highest BCUT2D eigenvalue weighted by Crippen LogP contribution is 2.16. The summed E-state index contributed by atoms with van der Waals surface area (Å²) >= 11 is 0. The molecular formula is C13H24N2O3. The minimum atomic E-state index is -0.409. The molecule has 1 fully saturated rings. The number of amides is 2. The highest BCUT2D eigenvalue weighted by Gasteiger charge is 2.26. The fourth-order valence-corrected chi connectivity index (χ4v) is 1.84. The fourth-order valence-electron chi connectivity index (χ4n) is 1.84. The molecule has 0 radical (unpaired) electrons. The van der Waals surface area contributed by atoms with E-state index in [9.17, 15) is 9.90 Å². The third kappa shape index (κ3) is 5.06. The first kappa shape index (κ1) is 15.0. The molecule has 1 heterocycles. The molecule has 1 rings (SSSR count). The first-order valence-electron chi connectivity index (χ1n) is 6.54. The SMILES string of the molecule is C=CCCOCCNC(=O)N1CCC(C)C(O)C1. The summed E-state index contributed by atoms with van der Waals surface area (Å²) in [5, 5.41) is 12.5. The number of β-amino-alcohol motifs (C(OH)–C–C–N with tert-alkyl or cyclic N) is 1. The number of likely N-dealkylation sites (tertiary alicyclic amines) is 1. The van der Waals surface area contributed by atoms with E-state index in [-0.39, 0.29) is 11.9 Å². The molecule has 1 saturated heterocycles. The summed E-state index contributed by atoms with van der Waals surface area (Å²) in [6.07, 6.45) is 3.07. The minimum absolute atomic E-state index is 0.117. The largest absolute Gasteiger partial charge is 0.391 e. The fraction of sp³-hybridized carbons (Fsp3) is 0.769. The highest BCUT2D eigenvalue weighted by molar-refractivity contribution is 5.74. The van der Waals surface area contributed by atoms with Crippen molar-refractivity contribution in [3.8, 4) is 0 Å². The highest BCUT2D eigenvalue weighted by atomic mass is 16.5. The van der Waals surface area contributed by atoms with Crippen LogP contribution in [0.4, 0.5) is 4.79 Å². The Morgan fingerprint density at radius 3 is 3.06 bits per heavy atom. The quantitative estimate of drug-likeness (QED) is 0.550. The van der Waals surface area contributed by atoms with Crippen molar-refractivity contribution >= 4 is 6.03 Å². The van der Waals surface area contributed by atoms with Gasteiger partial charge in [-0.05, 0) is 18.8 Å². The lowest BCUT2D eigenvalue weighted by atomic mass is 9.96. The van der Waals surface area contributed by atoms with E-state index in [1.165, 1.54) is 0 Å². The van der Waals surface area contributed by atoms with E-state index in [2.05, 4.69) is 11.9 Å². The van der Waals surface area contributed by atoms with Crippen molar-refractivity contribution in [2.75, 3.05) is 32.8 Å². The maximum absolute atomic E-state index is 11.8. The Hall–Kier alpha value is -1.07. The zero-order valence-corrected chi connectivity index (χ0v) is 11.1. The van der Waals surface area contributed by atoms with E-state index < -0.39 is 6.10 Å². The van der Waals surface area contributed by atoms with Crippen molar-refractivity contribution in [1.82, 2.24) is 10.2 Å². The molecule has 2 atom stereocenters. The Morgan fingerprint density at radius 1 is 1.61 bits per heavy atom. The predicted molar refractivity (Wildman–Crippen MR) is 70.4 cm³/mol. The van der Waals surface area contributed by atoms with Gasteiger partial charge in [-0.1, -0.05) is 13.0 Å². The van der Waals surface area contributed by atoms with Gasteiger partial charge >= 0.3 is 6.03 Å². The molecule has 0 spiro atoms. The number of nitrogens with one attached hydrogen (secondary N) is 1. The van der Waals surface area contributed by atoms with Crippen LogP contribution in [0.2, 0.25) is 0 Å². The molecule has 0 aliphatic carbocycles. The average Bonchev–Trinajstić information content (AvgIpc) is 2.36. The Kier molecular flexibility index (Phi) is 6.75. The Labute approximate surface area is 109 Å². The molecule has 0 saturated carbocycles. The van der Waals surface area contributed by atoms with E-state index in [0.717, 1.165) is 12.8 Å². The van der Waals surface area contributed by atoms with E-state index in [1.807, 2.05) is 6.92 Å². The Balaban J connectivity index is 2.11. The third-order valence-corrected chi connectivity index (χ3v) is 3.19. The van der Waals surface area contributed by atoms with Crippen LogP contribution in [0.3, 0.4) is 0 Å². The van der Waals surface area contributed by atoms with Crippen LogP contribution in [0.25, 0.3) is 0 Å². The first-order chi connectivity index (χ1) is 8.65. The van der Waals surface area contributed by atoms with Crippen LogP contribution in [0, 0.1) is 5.92 Å². The molecule has 0 aromatic heterocycles. The Bertz CT molecular complexity index is 271. The molecule has 2 N–H and O–H groups in total. The van der Waals surface area contributed by atoms with Gasteiger partial charge in [-0.15, -0.1) is 6.58 Å². The zero-order valence-electron chi connectivity index (χ0n) is 11.1. The maximum Gasteiger partial charge on any atom is 0.317 e. The molecule has 0 aromatic carbocycles. The second-order valence-corrected chi connectivity index (χ2v) is 4.70. The lowest BCUT2D eigenvalue weighted by Crippen LogP contribution is -2.50. The van der Waals surface area contributed by atoms with Crippen molar-refractivity contribution in [1.29, 1.82) is 0 Å². The van der Waals surface area contributed by atoms with Crippen LogP contribution < -0.4 is 5.32 Å². The van der Waals surface area contributed by atoms with Gasteiger partial charge < -0.3 is 20.1 Å². The molecule has 104 valence electrons. The second kappa shape index (κ2) is 8.11.